The van der Waals surface area contributed by atoms with Crippen LogP contribution in [-0.2, 0) is 0 Å². The van der Waals surface area contributed by atoms with E-state index >= 15 is 0 Å². The molecule has 1 saturated heterocycles. The van der Waals surface area contributed by atoms with Gasteiger partial charge in [-0.1, -0.05) is 0 Å². The van der Waals surface area contributed by atoms with Crippen molar-refractivity contribution in [2.24, 2.45) is 5.41 Å². The highest BCUT2D eigenvalue weighted by molar-refractivity contribution is 4.91. The van der Waals surface area contributed by atoms with Gasteiger partial charge in [0.15, 0.2) is 0 Å². The van der Waals surface area contributed by atoms with Gasteiger partial charge in [0, 0.05) is 26.2 Å². The molecule has 0 N–H and O–H groups in total. The molecule has 1 aliphatic rings. The van der Waals surface area contributed by atoms with E-state index in [1.54, 1.807) is 0 Å². The van der Waals surface area contributed by atoms with E-state index in [1.807, 2.05) is 13.8 Å². The molecule has 1 fully saturated rings. The van der Waals surface area contributed by atoms with Crippen molar-refractivity contribution in [3.05, 3.63) is 0 Å². The minimum Gasteiger partial charge on any atom is -0.301 e. The fraction of sp³-hybridized carbons (Fsp3) is 0.846. The van der Waals surface area contributed by atoms with Crippen LogP contribution in [0.5, 0.6) is 0 Å². The second-order valence-corrected chi connectivity index (χ2v) is 5.38. The highest BCUT2D eigenvalue weighted by Gasteiger charge is 2.19. The Kier molecular flexibility index (Phi) is 5.41. The van der Waals surface area contributed by atoms with Gasteiger partial charge in [0.25, 0.3) is 0 Å². The maximum absolute atomic E-state index is 8.92. The third kappa shape index (κ3) is 5.17. The van der Waals surface area contributed by atoms with Gasteiger partial charge in [-0.2, -0.15) is 10.5 Å². The van der Waals surface area contributed by atoms with Gasteiger partial charge in [-0.15, -0.1) is 0 Å². The van der Waals surface area contributed by atoms with E-state index < -0.39 is 0 Å². The van der Waals surface area contributed by atoms with Crippen molar-refractivity contribution in [2.45, 2.75) is 26.7 Å². The monoisotopic (exact) mass is 234 g/mol. The van der Waals surface area contributed by atoms with E-state index in [9.17, 15) is 0 Å². The molecule has 94 valence electrons. The van der Waals surface area contributed by atoms with Crippen molar-refractivity contribution in [1.82, 2.24) is 9.80 Å². The summed E-state index contributed by atoms with van der Waals surface area (Å²) >= 11 is 0. The zero-order chi connectivity index (χ0) is 12.7. The first-order chi connectivity index (χ1) is 8.07. The molecule has 0 bridgehead atoms. The van der Waals surface area contributed by atoms with Crippen LogP contribution in [0.2, 0.25) is 0 Å². The molecule has 0 aromatic rings. The van der Waals surface area contributed by atoms with Crippen molar-refractivity contribution in [3.63, 3.8) is 0 Å². The zero-order valence-electron chi connectivity index (χ0n) is 10.9. The average molecular weight is 234 g/mol. The van der Waals surface area contributed by atoms with Crippen LogP contribution in [0.3, 0.4) is 0 Å². The summed E-state index contributed by atoms with van der Waals surface area (Å²) in [6.07, 6.45) is 2.04. The Morgan fingerprint density at radius 1 is 1.06 bits per heavy atom. The van der Waals surface area contributed by atoms with Gasteiger partial charge in [0.2, 0.25) is 0 Å². The van der Waals surface area contributed by atoms with Crippen LogP contribution in [0.15, 0.2) is 0 Å². The molecule has 0 aromatic heterocycles. The van der Waals surface area contributed by atoms with Gasteiger partial charge in [-0.05, 0) is 33.2 Å². The SMILES string of the molecule is CC(C)(C#N)CCCN1CCN(CC#N)CC1. The van der Waals surface area contributed by atoms with Gasteiger partial charge >= 0.3 is 0 Å². The predicted octanol–water partition coefficient (Wildman–Crippen LogP) is 1.46. The van der Waals surface area contributed by atoms with Crippen LogP contribution in [0, 0.1) is 28.1 Å². The molecule has 0 atom stereocenters. The molecule has 0 amide bonds. The molecule has 4 heteroatoms. The maximum atomic E-state index is 8.92. The molecule has 0 aliphatic carbocycles. The maximum Gasteiger partial charge on any atom is 0.0866 e. The Hall–Kier alpha value is -1.10. The molecule has 0 spiro atoms. The Morgan fingerprint density at radius 3 is 2.18 bits per heavy atom. The molecule has 0 radical (unpaired) electrons. The Labute approximate surface area is 104 Å². The summed E-state index contributed by atoms with van der Waals surface area (Å²) in [6.45, 7) is 9.71. The van der Waals surface area contributed by atoms with E-state index in [4.69, 9.17) is 10.5 Å². The third-order valence-electron chi connectivity index (χ3n) is 3.34. The lowest BCUT2D eigenvalue weighted by atomic mass is 9.90. The first kappa shape index (κ1) is 14.0. The van der Waals surface area contributed by atoms with Crippen molar-refractivity contribution in [1.29, 1.82) is 10.5 Å². The number of hydrogen-bond donors (Lipinski definition) is 0. The quantitative estimate of drug-likeness (QED) is 0.676. The second kappa shape index (κ2) is 6.59. The number of hydrogen-bond acceptors (Lipinski definition) is 4. The van der Waals surface area contributed by atoms with E-state index in [0.29, 0.717) is 6.54 Å². The second-order valence-electron chi connectivity index (χ2n) is 5.38. The highest BCUT2D eigenvalue weighted by atomic mass is 15.3. The molecule has 0 aromatic carbocycles. The number of nitriles is 2. The van der Waals surface area contributed by atoms with Crippen LogP contribution in [0.4, 0.5) is 0 Å². The highest BCUT2D eigenvalue weighted by Crippen LogP contribution is 2.20. The zero-order valence-corrected chi connectivity index (χ0v) is 10.9. The summed E-state index contributed by atoms with van der Waals surface area (Å²) in [5, 5.41) is 17.5. The summed E-state index contributed by atoms with van der Waals surface area (Å²) < 4.78 is 0. The van der Waals surface area contributed by atoms with Crippen LogP contribution in [-0.4, -0.2) is 49.1 Å². The standard InChI is InChI=1S/C13H22N4/c1-13(2,12-15)4-3-6-16-8-10-17(7-5-14)11-9-16/h3-4,6-11H2,1-2H3. The lowest BCUT2D eigenvalue weighted by molar-refractivity contribution is 0.139. The van der Waals surface area contributed by atoms with E-state index in [2.05, 4.69) is 21.9 Å². The molecular weight excluding hydrogens is 212 g/mol. The van der Waals surface area contributed by atoms with Gasteiger partial charge in [0.1, 0.15) is 0 Å². The Bertz CT molecular complexity index is 302. The smallest absolute Gasteiger partial charge is 0.0866 e. The van der Waals surface area contributed by atoms with Crippen molar-refractivity contribution >= 4 is 0 Å². The summed E-state index contributed by atoms with van der Waals surface area (Å²) in [5.74, 6) is 0. The van der Waals surface area contributed by atoms with Crippen LogP contribution in [0.1, 0.15) is 26.7 Å². The number of rotatable bonds is 5. The van der Waals surface area contributed by atoms with Crippen LogP contribution in [0.25, 0.3) is 0 Å². The fourth-order valence-electron chi connectivity index (χ4n) is 2.07. The molecule has 1 aliphatic heterocycles. The van der Waals surface area contributed by atoms with Crippen molar-refractivity contribution < 1.29 is 0 Å². The van der Waals surface area contributed by atoms with Crippen molar-refractivity contribution in [3.8, 4) is 12.1 Å². The largest absolute Gasteiger partial charge is 0.301 e. The average Bonchev–Trinajstić information content (AvgIpc) is 2.32. The molecule has 17 heavy (non-hydrogen) atoms. The summed E-state index contributed by atoms with van der Waals surface area (Å²) in [4.78, 5) is 4.62. The summed E-state index contributed by atoms with van der Waals surface area (Å²) in [7, 11) is 0. The molecule has 1 heterocycles. The van der Waals surface area contributed by atoms with Crippen LogP contribution < -0.4 is 0 Å². The topological polar surface area (TPSA) is 54.1 Å². The predicted molar refractivity (Wildman–Crippen MR) is 67.1 cm³/mol. The number of piperazine rings is 1. The van der Waals surface area contributed by atoms with E-state index in [0.717, 1.165) is 45.6 Å². The minimum absolute atomic E-state index is 0.192. The minimum atomic E-state index is -0.192. The molecule has 0 unspecified atom stereocenters. The molecular formula is C13H22N4. The Morgan fingerprint density at radius 2 is 1.65 bits per heavy atom. The molecule has 0 saturated carbocycles. The first-order valence-corrected chi connectivity index (χ1v) is 6.30. The lowest BCUT2D eigenvalue weighted by Crippen LogP contribution is -2.46. The first-order valence-electron chi connectivity index (χ1n) is 6.30. The normalized spacial score (nSPS) is 18.6. The fourth-order valence-corrected chi connectivity index (χ4v) is 2.07. The van der Waals surface area contributed by atoms with E-state index in [1.165, 1.54) is 0 Å². The molecule has 4 nitrogen and oxygen atoms in total. The van der Waals surface area contributed by atoms with Gasteiger partial charge in [-0.3, -0.25) is 4.90 Å². The number of nitrogens with zero attached hydrogens (tertiary/aromatic N) is 4. The molecule has 1 rings (SSSR count). The summed E-state index contributed by atoms with van der Waals surface area (Å²) in [5.41, 5.74) is -0.192. The lowest BCUT2D eigenvalue weighted by Gasteiger charge is -2.33. The van der Waals surface area contributed by atoms with Crippen LogP contribution >= 0.6 is 0 Å². The van der Waals surface area contributed by atoms with Gasteiger partial charge in [0.05, 0.1) is 24.1 Å². The Balaban J connectivity index is 2.15. The summed E-state index contributed by atoms with van der Waals surface area (Å²) in [6, 6.07) is 4.53. The third-order valence-corrected chi connectivity index (χ3v) is 3.34. The van der Waals surface area contributed by atoms with E-state index in [-0.39, 0.29) is 5.41 Å². The van der Waals surface area contributed by atoms with Crippen molar-refractivity contribution in [2.75, 3.05) is 39.3 Å². The van der Waals surface area contributed by atoms with Gasteiger partial charge in [-0.25, -0.2) is 0 Å². The van der Waals surface area contributed by atoms with Gasteiger partial charge < -0.3 is 4.90 Å².